The summed E-state index contributed by atoms with van der Waals surface area (Å²) in [6, 6.07) is 3.58. The SMILES string of the molecule is Clc1cccnc1.NNO. The van der Waals surface area contributed by atoms with E-state index in [1.165, 1.54) is 5.59 Å². The van der Waals surface area contributed by atoms with Gasteiger partial charge in [-0.1, -0.05) is 11.6 Å². The highest BCUT2D eigenvalue weighted by Gasteiger charge is 1.76. The van der Waals surface area contributed by atoms with Crippen LogP contribution in [0.1, 0.15) is 0 Å². The first-order valence-corrected chi connectivity index (χ1v) is 2.84. The van der Waals surface area contributed by atoms with E-state index in [4.69, 9.17) is 16.8 Å². The summed E-state index contributed by atoms with van der Waals surface area (Å²) >= 11 is 5.48. The molecule has 0 aliphatic carbocycles. The van der Waals surface area contributed by atoms with Crippen molar-refractivity contribution >= 4 is 11.6 Å². The molecule has 0 radical (unpaired) electrons. The second-order valence-corrected chi connectivity index (χ2v) is 1.74. The molecule has 0 amide bonds. The van der Waals surface area contributed by atoms with Gasteiger partial charge in [-0.25, -0.2) is 5.84 Å². The second kappa shape index (κ2) is 6.44. The standard InChI is InChI=1S/C5H4ClN.H4N2O/c6-5-2-1-3-7-4-5;1-2-3/h1-4H;2-3H,1H2. The Morgan fingerprint density at radius 3 is 2.50 bits per heavy atom. The minimum atomic E-state index is 0.683. The molecule has 0 aromatic carbocycles. The third kappa shape index (κ3) is 5.46. The smallest absolute Gasteiger partial charge is 0.0589 e. The summed E-state index contributed by atoms with van der Waals surface area (Å²) in [5, 5.41) is 7.78. The molecule has 56 valence electrons. The summed E-state index contributed by atoms with van der Waals surface area (Å²) in [6.45, 7) is 0. The van der Waals surface area contributed by atoms with Gasteiger partial charge in [0.15, 0.2) is 0 Å². The summed E-state index contributed by atoms with van der Waals surface area (Å²) in [5.41, 5.74) is 1.25. The molecule has 1 heterocycles. The Bertz CT molecular complexity index is 158. The Morgan fingerprint density at radius 1 is 1.70 bits per heavy atom. The summed E-state index contributed by atoms with van der Waals surface area (Å²) in [4.78, 5) is 3.75. The van der Waals surface area contributed by atoms with Crippen LogP contribution in [-0.4, -0.2) is 10.2 Å². The van der Waals surface area contributed by atoms with Gasteiger partial charge in [0, 0.05) is 12.4 Å². The number of halogens is 1. The van der Waals surface area contributed by atoms with Crippen LogP contribution in [0.4, 0.5) is 0 Å². The lowest BCUT2D eigenvalue weighted by Gasteiger charge is -1.79. The van der Waals surface area contributed by atoms with Gasteiger partial charge in [0.05, 0.1) is 5.02 Å². The van der Waals surface area contributed by atoms with Crippen molar-refractivity contribution < 1.29 is 5.21 Å². The molecule has 0 saturated carbocycles. The molecule has 5 heteroatoms. The zero-order valence-electron chi connectivity index (χ0n) is 5.16. The molecule has 1 aromatic heterocycles. The lowest BCUT2D eigenvalue weighted by atomic mass is 10.5. The Labute approximate surface area is 63.6 Å². The maximum Gasteiger partial charge on any atom is 0.0589 e. The van der Waals surface area contributed by atoms with Crippen LogP contribution in [0, 0.1) is 0 Å². The molecule has 0 saturated heterocycles. The first kappa shape index (κ1) is 9.32. The third-order valence-electron chi connectivity index (χ3n) is 0.625. The van der Waals surface area contributed by atoms with Crippen molar-refractivity contribution in [1.29, 1.82) is 0 Å². The molecular formula is C5H8ClN3O. The third-order valence-corrected chi connectivity index (χ3v) is 0.849. The molecule has 0 atom stereocenters. The molecule has 4 N–H and O–H groups in total. The van der Waals surface area contributed by atoms with E-state index in [-0.39, 0.29) is 0 Å². The molecule has 1 aromatic rings. The van der Waals surface area contributed by atoms with Gasteiger partial charge in [-0.2, -0.15) is 0 Å². The van der Waals surface area contributed by atoms with Crippen molar-refractivity contribution in [3.05, 3.63) is 29.5 Å². The molecule has 0 unspecified atom stereocenters. The lowest BCUT2D eigenvalue weighted by Crippen LogP contribution is -2.14. The zero-order chi connectivity index (χ0) is 7.82. The number of hydrogen-bond acceptors (Lipinski definition) is 4. The van der Waals surface area contributed by atoms with Gasteiger partial charge in [-0.05, 0) is 12.1 Å². The highest BCUT2D eigenvalue weighted by molar-refractivity contribution is 6.30. The largest absolute Gasteiger partial charge is 0.302 e. The number of nitrogens with zero attached hydrogens (tertiary/aromatic N) is 1. The van der Waals surface area contributed by atoms with E-state index < -0.39 is 0 Å². The van der Waals surface area contributed by atoms with Gasteiger partial charge in [-0.3, -0.25) is 4.98 Å². The van der Waals surface area contributed by atoms with Crippen LogP contribution < -0.4 is 11.4 Å². The zero-order valence-corrected chi connectivity index (χ0v) is 5.92. The van der Waals surface area contributed by atoms with Crippen molar-refractivity contribution in [2.45, 2.75) is 0 Å². The quantitative estimate of drug-likeness (QED) is 0.385. The molecule has 0 aliphatic heterocycles. The highest BCUT2D eigenvalue weighted by atomic mass is 35.5. The second-order valence-electron chi connectivity index (χ2n) is 1.30. The molecular weight excluding hydrogens is 154 g/mol. The summed E-state index contributed by atoms with van der Waals surface area (Å²) in [6.07, 6.45) is 3.29. The lowest BCUT2D eigenvalue weighted by molar-refractivity contribution is 0.169. The fourth-order valence-electron chi connectivity index (χ4n) is 0.342. The highest BCUT2D eigenvalue weighted by Crippen LogP contribution is 2.00. The van der Waals surface area contributed by atoms with E-state index >= 15 is 0 Å². The van der Waals surface area contributed by atoms with Crippen LogP contribution in [0.25, 0.3) is 0 Å². The average Bonchev–Trinajstić information content (AvgIpc) is 1.91. The predicted molar refractivity (Wildman–Crippen MR) is 38.4 cm³/mol. The van der Waals surface area contributed by atoms with Crippen LogP contribution in [0.3, 0.4) is 0 Å². The Hall–Kier alpha value is -0.680. The Kier molecular flexibility index (Phi) is 6.00. The van der Waals surface area contributed by atoms with Crippen molar-refractivity contribution in [3.63, 3.8) is 0 Å². The fraction of sp³-hybridized carbons (Fsp3) is 0. The number of aromatic nitrogens is 1. The number of nitrogens with one attached hydrogen (secondary N) is 1. The molecule has 0 aliphatic rings. The van der Waals surface area contributed by atoms with E-state index in [9.17, 15) is 0 Å². The topological polar surface area (TPSA) is 71.2 Å². The fourth-order valence-corrected chi connectivity index (χ4v) is 0.471. The van der Waals surface area contributed by atoms with Gasteiger partial charge < -0.3 is 5.21 Å². The molecule has 10 heavy (non-hydrogen) atoms. The first-order chi connectivity index (χ1) is 4.81. The van der Waals surface area contributed by atoms with Crippen molar-refractivity contribution in [3.8, 4) is 0 Å². The number of hydrazine groups is 1. The van der Waals surface area contributed by atoms with E-state index in [1.54, 1.807) is 24.5 Å². The van der Waals surface area contributed by atoms with E-state index in [1.807, 2.05) is 0 Å². The Morgan fingerprint density at radius 2 is 2.30 bits per heavy atom. The van der Waals surface area contributed by atoms with E-state index in [0.717, 1.165) is 0 Å². The molecule has 0 fully saturated rings. The average molecular weight is 162 g/mol. The van der Waals surface area contributed by atoms with Crippen LogP contribution in [0.2, 0.25) is 5.02 Å². The first-order valence-electron chi connectivity index (χ1n) is 2.46. The van der Waals surface area contributed by atoms with Crippen molar-refractivity contribution in [1.82, 2.24) is 10.6 Å². The minimum Gasteiger partial charge on any atom is -0.302 e. The summed E-state index contributed by atoms with van der Waals surface area (Å²) < 4.78 is 0. The van der Waals surface area contributed by atoms with E-state index in [0.29, 0.717) is 5.02 Å². The monoisotopic (exact) mass is 161 g/mol. The van der Waals surface area contributed by atoms with Gasteiger partial charge in [0.1, 0.15) is 0 Å². The van der Waals surface area contributed by atoms with Crippen LogP contribution >= 0.6 is 11.6 Å². The molecule has 0 spiro atoms. The van der Waals surface area contributed by atoms with Crippen molar-refractivity contribution in [2.24, 2.45) is 5.84 Å². The van der Waals surface area contributed by atoms with Crippen molar-refractivity contribution in [2.75, 3.05) is 0 Å². The van der Waals surface area contributed by atoms with Gasteiger partial charge in [0.25, 0.3) is 0 Å². The van der Waals surface area contributed by atoms with Crippen LogP contribution in [0.5, 0.6) is 0 Å². The Balaban J connectivity index is 0.000000236. The summed E-state index contributed by atoms with van der Waals surface area (Å²) in [7, 11) is 0. The molecule has 1 rings (SSSR count). The van der Waals surface area contributed by atoms with Gasteiger partial charge in [-0.15, -0.1) is 5.59 Å². The van der Waals surface area contributed by atoms with Crippen LogP contribution in [0.15, 0.2) is 24.5 Å². The molecule has 4 nitrogen and oxygen atoms in total. The molecule has 0 bridgehead atoms. The maximum absolute atomic E-state index is 7.10. The van der Waals surface area contributed by atoms with Crippen LogP contribution in [-0.2, 0) is 0 Å². The maximum atomic E-state index is 7.10. The van der Waals surface area contributed by atoms with E-state index in [2.05, 4.69) is 10.8 Å². The number of hydrogen-bond donors (Lipinski definition) is 3. The minimum absolute atomic E-state index is 0.683. The summed E-state index contributed by atoms with van der Waals surface area (Å²) in [5.74, 6) is 4.15. The van der Waals surface area contributed by atoms with Gasteiger partial charge >= 0.3 is 0 Å². The number of rotatable bonds is 0. The van der Waals surface area contributed by atoms with Gasteiger partial charge in [0.2, 0.25) is 0 Å². The normalized spacial score (nSPS) is 7.90. The number of nitrogens with two attached hydrogens (primary N) is 1. The number of pyridine rings is 1. The predicted octanol–water partition coefficient (Wildman–Crippen LogP) is 0.574.